The molecular formula is C18H17Cl2F3N2O3S. The summed E-state index contributed by atoms with van der Waals surface area (Å²) in [6, 6.07) is 7.51. The topological polar surface area (TPSA) is 66.5 Å². The van der Waals surface area contributed by atoms with E-state index >= 15 is 0 Å². The minimum atomic E-state index is -4.70. The first kappa shape index (κ1) is 23.3. The summed E-state index contributed by atoms with van der Waals surface area (Å²) >= 11 is 11.4. The van der Waals surface area contributed by atoms with Crippen LogP contribution >= 0.6 is 23.2 Å². The second-order valence-electron chi connectivity index (χ2n) is 6.14. The molecule has 29 heavy (non-hydrogen) atoms. The van der Waals surface area contributed by atoms with Gasteiger partial charge in [0.05, 0.1) is 22.5 Å². The summed E-state index contributed by atoms with van der Waals surface area (Å²) in [4.78, 5) is 12.8. The Morgan fingerprint density at radius 3 is 2.21 bits per heavy atom. The number of sulfonamides is 1. The number of halogens is 5. The Bertz CT molecular complexity index is 996. The van der Waals surface area contributed by atoms with Crippen molar-refractivity contribution in [2.24, 2.45) is 0 Å². The number of nitrogens with one attached hydrogen (secondary N) is 1. The van der Waals surface area contributed by atoms with Crippen molar-refractivity contribution in [2.45, 2.75) is 25.6 Å². The number of hydrogen-bond acceptors (Lipinski definition) is 3. The van der Waals surface area contributed by atoms with Gasteiger partial charge >= 0.3 is 6.18 Å². The van der Waals surface area contributed by atoms with E-state index in [0.717, 1.165) is 16.6 Å². The van der Waals surface area contributed by atoms with Crippen molar-refractivity contribution >= 4 is 50.5 Å². The van der Waals surface area contributed by atoms with Crippen molar-refractivity contribution in [2.75, 3.05) is 15.9 Å². The van der Waals surface area contributed by atoms with Crippen LogP contribution in [0.3, 0.4) is 0 Å². The van der Waals surface area contributed by atoms with Gasteiger partial charge in [-0.3, -0.25) is 9.10 Å². The molecule has 11 heteroatoms. The van der Waals surface area contributed by atoms with Crippen LogP contribution in [0.1, 0.15) is 18.9 Å². The Hall–Kier alpha value is -1.97. The molecular weight excluding hydrogens is 452 g/mol. The fourth-order valence-corrected chi connectivity index (χ4v) is 4.26. The Balaban J connectivity index is 2.39. The summed E-state index contributed by atoms with van der Waals surface area (Å²) < 4.78 is 64.7. The number of benzene rings is 2. The lowest BCUT2D eigenvalue weighted by Gasteiger charge is -2.30. The van der Waals surface area contributed by atoms with Crippen LogP contribution in [0, 0.1) is 0 Å². The quantitative estimate of drug-likeness (QED) is 0.633. The zero-order valence-electron chi connectivity index (χ0n) is 15.3. The average molecular weight is 469 g/mol. The van der Waals surface area contributed by atoms with Gasteiger partial charge in [0.2, 0.25) is 15.9 Å². The van der Waals surface area contributed by atoms with Gasteiger partial charge in [-0.15, -0.1) is 0 Å². The highest BCUT2D eigenvalue weighted by Gasteiger charge is 2.35. The molecule has 2 rings (SSSR count). The molecule has 0 unspecified atom stereocenters. The van der Waals surface area contributed by atoms with Gasteiger partial charge < -0.3 is 5.32 Å². The van der Waals surface area contributed by atoms with E-state index in [4.69, 9.17) is 23.2 Å². The summed E-state index contributed by atoms with van der Waals surface area (Å²) in [6.07, 6.45) is -3.70. The van der Waals surface area contributed by atoms with E-state index in [1.165, 1.54) is 30.3 Å². The predicted molar refractivity (Wildman–Crippen MR) is 108 cm³/mol. The molecule has 0 aliphatic rings. The number of amides is 1. The number of nitrogens with zero attached hydrogens (tertiary/aromatic N) is 1. The van der Waals surface area contributed by atoms with Gasteiger partial charge in [0.1, 0.15) is 6.04 Å². The van der Waals surface area contributed by atoms with Crippen LogP contribution in [0.25, 0.3) is 0 Å². The minimum Gasteiger partial charge on any atom is -0.324 e. The van der Waals surface area contributed by atoms with Crippen LogP contribution in [-0.2, 0) is 21.0 Å². The number of anilines is 2. The van der Waals surface area contributed by atoms with E-state index in [-0.39, 0.29) is 17.8 Å². The molecule has 1 amide bonds. The van der Waals surface area contributed by atoms with Crippen LogP contribution in [0.5, 0.6) is 0 Å². The first-order chi connectivity index (χ1) is 13.3. The maximum Gasteiger partial charge on any atom is 0.417 e. The molecule has 0 radical (unpaired) electrons. The molecule has 2 aromatic rings. The normalized spacial score (nSPS) is 13.1. The fraction of sp³-hybridized carbons (Fsp3) is 0.278. The summed E-state index contributed by atoms with van der Waals surface area (Å²) in [5.41, 5.74) is -1.07. The van der Waals surface area contributed by atoms with Gasteiger partial charge in [-0.2, -0.15) is 13.2 Å². The Labute approximate surface area is 176 Å². The average Bonchev–Trinajstić information content (AvgIpc) is 2.60. The summed E-state index contributed by atoms with van der Waals surface area (Å²) in [7, 11) is -3.89. The lowest BCUT2D eigenvalue weighted by molar-refractivity contribution is -0.137. The van der Waals surface area contributed by atoms with Gasteiger partial charge in [-0.25, -0.2) is 8.42 Å². The second-order valence-corrected chi connectivity index (χ2v) is 8.84. The first-order valence-electron chi connectivity index (χ1n) is 8.27. The van der Waals surface area contributed by atoms with E-state index in [2.05, 4.69) is 5.32 Å². The van der Waals surface area contributed by atoms with Gasteiger partial charge in [-0.1, -0.05) is 30.1 Å². The van der Waals surface area contributed by atoms with Crippen molar-refractivity contribution in [3.05, 3.63) is 58.1 Å². The molecule has 0 bridgehead atoms. The largest absolute Gasteiger partial charge is 0.417 e. The number of hydrogen-bond donors (Lipinski definition) is 1. The molecule has 0 heterocycles. The van der Waals surface area contributed by atoms with Gasteiger partial charge in [-0.05, 0) is 48.9 Å². The molecule has 0 spiro atoms. The third-order valence-electron chi connectivity index (χ3n) is 3.95. The number of carbonyl (C=O) groups is 1. The van der Waals surface area contributed by atoms with Crippen molar-refractivity contribution in [1.82, 2.24) is 0 Å². The van der Waals surface area contributed by atoms with Crippen molar-refractivity contribution in [1.29, 1.82) is 0 Å². The monoisotopic (exact) mass is 468 g/mol. The molecule has 0 aliphatic carbocycles. The van der Waals surface area contributed by atoms with Crippen LogP contribution in [0.2, 0.25) is 10.0 Å². The van der Waals surface area contributed by atoms with Crippen molar-refractivity contribution in [3.8, 4) is 0 Å². The molecule has 0 aliphatic heterocycles. The highest BCUT2D eigenvalue weighted by molar-refractivity contribution is 7.92. The van der Waals surface area contributed by atoms with Crippen LogP contribution in [0.15, 0.2) is 42.5 Å². The third-order valence-corrected chi connectivity index (χ3v) is 5.71. The SMILES string of the molecule is CC[C@@H](C(=O)Nc1ccc(Cl)c(C(F)(F)F)c1)N(c1ccc(Cl)cc1)S(C)(=O)=O. The molecule has 0 fully saturated rings. The maximum absolute atomic E-state index is 13.0. The molecule has 1 N–H and O–H groups in total. The molecule has 1 atom stereocenters. The fourth-order valence-electron chi connectivity index (χ4n) is 2.69. The number of alkyl halides is 3. The number of rotatable bonds is 6. The lowest BCUT2D eigenvalue weighted by Crippen LogP contribution is -2.47. The molecule has 0 aromatic heterocycles. The molecule has 5 nitrogen and oxygen atoms in total. The van der Waals surface area contributed by atoms with E-state index in [0.29, 0.717) is 11.1 Å². The summed E-state index contributed by atoms with van der Waals surface area (Å²) in [5, 5.41) is 2.20. The highest BCUT2D eigenvalue weighted by Crippen LogP contribution is 2.36. The maximum atomic E-state index is 13.0. The second kappa shape index (κ2) is 8.81. The van der Waals surface area contributed by atoms with Gasteiger partial charge in [0, 0.05) is 10.7 Å². The van der Waals surface area contributed by atoms with E-state index < -0.39 is 38.7 Å². The van der Waals surface area contributed by atoms with Gasteiger partial charge in [0.25, 0.3) is 0 Å². The van der Waals surface area contributed by atoms with Gasteiger partial charge in [0.15, 0.2) is 0 Å². The Morgan fingerprint density at radius 1 is 1.14 bits per heavy atom. The Morgan fingerprint density at radius 2 is 1.72 bits per heavy atom. The standard InChI is InChI=1S/C18H17Cl2F3N2O3S/c1-3-16(25(29(2,27)28)13-7-4-11(19)5-8-13)17(26)24-12-6-9-15(20)14(10-12)18(21,22)23/h4-10,16H,3H2,1-2H3,(H,24,26)/t16-/m0/s1. The molecule has 2 aromatic carbocycles. The zero-order chi connectivity index (χ0) is 22.0. The van der Waals surface area contributed by atoms with Crippen LogP contribution < -0.4 is 9.62 Å². The summed E-state index contributed by atoms with van der Waals surface area (Å²) in [6.45, 7) is 1.58. The van der Waals surface area contributed by atoms with Crippen LogP contribution in [0.4, 0.5) is 24.5 Å². The third kappa shape index (κ3) is 5.77. The Kier molecular flexibility index (Phi) is 7.08. The van der Waals surface area contributed by atoms with Crippen molar-refractivity contribution in [3.63, 3.8) is 0 Å². The minimum absolute atomic E-state index is 0.0707. The van der Waals surface area contributed by atoms with E-state index in [1.54, 1.807) is 6.92 Å². The highest BCUT2D eigenvalue weighted by atomic mass is 35.5. The lowest BCUT2D eigenvalue weighted by atomic mass is 10.1. The molecule has 158 valence electrons. The smallest absolute Gasteiger partial charge is 0.324 e. The first-order valence-corrected chi connectivity index (χ1v) is 10.9. The van der Waals surface area contributed by atoms with E-state index in [9.17, 15) is 26.4 Å². The predicted octanol–water partition coefficient (Wildman–Crippen LogP) is 5.20. The molecule has 0 saturated heterocycles. The van der Waals surface area contributed by atoms with E-state index in [1.807, 2.05) is 0 Å². The molecule has 0 saturated carbocycles. The van der Waals surface area contributed by atoms with Crippen LogP contribution in [-0.4, -0.2) is 26.6 Å². The number of carbonyl (C=O) groups excluding carboxylic acids is 1. The van der Waals surface area contributed by atoms with Crippen molar-refractivity contribution < 1.29 is 26.4 Å². The zero-order valence-corrected chi connectivity index (χ0v) is 17.6. The summed E-state index contributed by atoms with van der Waals surface area (Å²) in [5.74, 6) is -0.789.